The van der Waals surface area contributed by atoms with Crippen molar-refractivity contribution in [3.05, 3.63) is 55.7 Å². The van der Waals surface area contributed by atoms with Gasteiger partial charge in [0.15, 0.2) is 11.5 Å². The number of hydrogen-bond acceptors (Lipinski definition) is 9. The molecule has 17 heteroatoms. The lowest BCUT2D eigenvalue weighted by molar-refractivity contribution is -0.140. The first kappa shape index (κ1) is 36.4. The molecular formula is C35H38BrF5N8O3. The number of hydrogen-bond donors (Lipinski definition) is 1. The predicted molar refractivity (Wildman–Crippen MR) is 184 cm³/mol. The first-order valence-corrected chi connectivity index (χ1v) is 17.9. The summed E-state index contributed by atoms with van der Waals surface area (Å²) >= 11 is 3.59. The molecule has 1 aromatic carbocycles. The monoisotopic (exact) mass is 792 g/mol. The van der Waals surface area contributed by atoms with Crippen LogP contribution in [0.1, 0.15) is 82.8 Å². The van der Waals surface area contributed by atoms with Gasteiger partial charge >= 0.3 is 12.2 Å². The molecule has 2 aromatic heterocycles. The van der Waals surface area contributed by atoms with Crippen LogP contribution in [0.3, 0.4) is 0 Å². The van der Waals surface area contributed by atoms with Gasteiger partial charge in [-0.05, 0) is 54.7 Å². The number of halogens is 6. The lowest BCUT2D eigenvalue weighted by Crippen LogP contribution is -2.43. The van der Waals surface area contributed by atoms with Crippen LogP contribution in [0.2, 0.25) is 0 Å². The second-order valence-electron chi connectivity index (χ2n) is 13.9. The average Bonchev–Trinajstić information content (AvgIpc) is 3.66. The van der Waals surface area contributed by atoms with Gasteiger partial charge in [0, 0.05) is 63.3 Å². The van der Waals surface area contributed by atoms with E-state index in [0.29, 0.717) is 54.0 Å². The number of nitrogens with zero attached hydrogens (tertiary/aromatic N) is 7. The summed E-state index contributed by atoms with van der Waals surface area (Å²) in [5.74, 6) is 3.80. The minimum absolute atomic E-state index is 0.0279. The quantitative estimate of drug-likeness (QED) is 0.199. The van der Waals surface area contributed by atoms with E-state index in [-0.39, 0.29) is 43.8 Å². The molecule has 2 saturated heterocycles. The summed E-state index contributed by atoms with van der Waals surface area (Å²) in [5, 5.41) is 4.57. The van der Waals surface area contributed by atoms with Crippen LogP contribution in [0.5, 0.6) is 6.01 Å². The SMILES string of the molecule is CC#Cc1cc(N)c(F)c([C@H]2Cc3nc(OC[C@@]45CCCN4C[C@H](F)C5)nc(N4CCCn5nc(C(=O)N(C)C)c(Br)c5C4)c3CO2)c1C(F)(F)F. The topological polar surface area (TPSA) is 115 Å². The van der Waals surface area contributed by atoms with Crippen LogP contribution in [-0.2, 0) is 37.0 Å². The highest BCUT2D eigenvalue weighted by Crippen LogP contribution is 2.45. The van der Waals surface area contributed by atoms with Gasteiger partial charge in [-0.15, -0.1) is 5.92 Å². The summed E-state index contributed by atoms with van der Waals surface area (Å²) in [4.78, 5) is 27.9. The molecule has 0 unspecified atom stereocenters. The van der Waals surface area contributed by atoms with E-state index < -0.39 is 52.2 Å². The highest BCUT2D eigenvalue weighted by molar-refractivity contribution is 9.10. The van der Waals surface area contributed by atoms with Crippen molar-refractivity contribution in [3.8, 4) is 17.9 Å². The standard InChI is InChI=1S/C35H38BrF5N8O3/c1-4-7-19-12-22(42)29(38)26(27(19)35(39,40)41)25-13-23-21(17-51-25)31(44-33(43-23)52-18-34-8-5-10-48(34)15-20(37)14-34)47-9-6-11-49-24(16-47)28(36)30(45-49)32(50)46(2)3/h12,20,25H,5-6,8-11,13-18,42H2,1-3H3/t20-,25-,34+/m1/s1. The van der Waals surface area contributed by atoms with E-state index in [2.05, 4.69) is 42.8 Å². The van der Waals surface area contributed by atoms with Gasteiger partial charge in [0.05, 0.1) is 51.9 Å². The van der Waals surface area contributed by atoms with Gasteiger partial charge in [0.1, 0.15) is 18.6 Å². The summed E-state index contributed by atoms with van der Waals surface area (Å²) in [6.07, 6.45) is -5.02. The summed E-state index contributed by atoms with van der Waals surface area (Å²) in [6, 6.07) is 0.859. The van der Waals surface area contributed by atoms with E-state index in [1.165, 1.54) is 11.8 Å². The van der Waals surface area contributed by atoms with E-state index in [1.54, 1.807) is 18.8 Å². The molecular weight excluding hydrogens is 755 g/mol. The molecule has 3 aromatic rings. The number of alkyl halides is 4. The van der Waals surface area contributed by atoms with Gasteiger partial charge in [0.25, 0.3) is 5.91 Å². The number of ether oxygens (including phenoxy) is 2. The zero-order valence-electron chi connectivity index (χ0n) is 28.9. The van der Waals surface area contributed by atoms with Gasteiger partial charge in [0.2, 0.25) is 0 Å². The minimum atomic E-state index is -4.96. The van der Waals surface area contributed by atoms with Crippen molar-refractivity contribution in [2.45, 2.75) is 82.7 Å². The second kappa shape index (κ2) is 13.8. The Morgan fingerprint density at radius 3 is 2.75 bits per heavy atom. The van der Waals surface area contributed by atoms with Gasteiger partial charge in [-0.1, -0.05) is 5.92 Å². The molecule has 0 saturated carbocycles. The third-order valence-corrected chi connectivity index (χ3v) is 11.2. The fourth-order valence-electron chi connectivity index (χ4n) is 7.94. The lowest BCUT2D eigenvalue weighted by Gasteiger charge is -2.33. The van der Waals surface area contributed by atoms with E-state index >= 15 is 4.39 Å². The molecule has 4 aliphatic heterocycles. The molecule has 0 spiro atoms. The maximum atomic E-state index is 15.7. The number of amides is 1. The summed E-state index contributed by atoms with van der Waals surface area (Å²) in [7, 11) is 3.28. The van der Waals surface area contributed by atoms with Crippen LogP contribution in [-0.4, -0.2) is 87.5 Å². The van der Waals surface area contributed by atoms with Crippen LogP contribution in [0.15, 0.2) is 10.5 Å². The largest absolute Gasteiger partial charge is 0.461 e. The Balaban J connectivity index is 1.30. The third-order valence-electron chi connectivity index (χ3n) is 10.3. The molecule has 0 bridgehead atoms. The van der Waals surface area contributed by atoms with Crippen LogP contribution in [0.4, 0.5) is 33.5 Å². The Hall–Kier alpha value is -4.01. The van der Waals surface area contributed by atoms with Crippen LogP contribution in [0, 0.1) is 17.7 Å². The highest BCUT2D eigenvalue weighted by atomic mass is 79.9. The van der Waals surface area contributed by atoms with Crippen molar-refractivity contribution in [3.63, 3.8) is 0 Å². The number of fused-ring (bicyclic) bond motifs is 3. The number of carbonyl (C=O) groups is 1. The Labute approximate surface area is 305 Å². The van der Waals surface area contributed by atoms with Crippen molar-refractivity contribution in [1.29, 1.82) is 0 Å². The van der Waals surface area contributed by atoms with Gasteiger partial charge in [-0.3, -0.25) is 14.4 Å². The summed E-state index contributed by atoms with van der Waals surface area (Å²) in [6.45, 7) is 3.63. The van der Waals surface area contributed by atoms with Crippen LogP contribution < -0.4 is 15.4 Å². The van der Waals surface area contributed by atoms with E-state index in [0.717, 1.165) is 31.1 Å². The first-order chi connectivity index (χ1) is 24.7. The normalized spacial score (nSPS) is 23.0. The summed E-state index contributed by atoms with van der Waals surface area (Å²) < 4.78 is 88.7. The smallest absolute Gasteiger partial charge is 0.418 e. The van der Waals surface area contributed by atoms with Crippen molar-refractivity contribution in [1.82, 2.24) is 29.5 Å². The van der Waals surface area contributed by atoms with E-state index in [4.69, 9.17) is 20.2 Å². The number of aryl methyl sites for hydroxylation is 1. The maximum Gasteiger partial charge on any atom is 0.418 e. The Morgan fingerprint density at radius 2 is 2.02 bits per heavy atom. The zero-order chi connectivity index (χ0) is 37.1. The van der Waals surface area contributed by atoms with Crippen molar-refractivity contribution < 1.29 is 36.2 Å². The van der Waals surface area contributed by atoms with E-state index in [9.17, 15) is 22.4 Å². The predicted octanol–water partition coefficient (Wildman–Crippen LogP) is 5.43. The molecule has 0 radical (unpaired) electrons. The Kier molecular flexibility index (Phi) is 9.62. The molecule has 2 fully saturated rings. The number of nitrogens with two attached hydrogens (primary N) is 1. The average molecular weight is 794 g/mol. The molecule has 7 rings (SSSR count). The van der Waals surface area contributed by atoms with Gasteiger partial charge in [-0.25, -0.2) is 8.78 Å². The molecule has 0 aliphatic carbocycles. The fraction of sp³-hybridized carbons (Fsp3) is 0.543. The van der Waals surface area contributed by atoms with Crippen LogP contribution in [0.25, 0.3) is 0 Å². The number of aromatic nitrogens is 4. The van der Waals surface area contributed by atoms with Crippen molar-refractivity contribution in [2.75, 3.05) is 51.0 Å². The summed E-state index contributed by atoms with van der Waals surface area (Å²) in [5.41, 5.74) is 4.28. The number of nitrogen functional groups attached to an aromatic ring is 1. The van der Waals surface area contributed by atoms with Gasteiger partial charge < -0.3 is 25.0 Å². The number of benzene rings is 1. The molecule has 1 amide bonds. The van der Waals surface area contributed by atoms with Gasteiger partial charge in [-0.2, -0.15) is 28.2 Å². The maximum absolute atomic E-state index is 15.7. The second-order valence-corrected chi connectivity index (χ2v) is 14.7. The fourth-order valence-corrected chi connectivity index (χ4v) is 8.52. The zero-order valence-corrected chi connectivity index (χ0v) is 30.5. The highest BCUT2D eigenvalue weighted by Gasteiger charge is 2.49. The third kappa shape index (κ3) is 6.47. The molecule has 278 valence electrons. The molecule has 4 aliphatic rings. The number of anilines is 2. The van der Waals surface area contributed by atoms with Crippen molar-refractivity contribution >= 4 is 33.3 Å². The molecule has 2 N–H and O–H groups in total. The van der Waals surface area contributed by atoms with E-state index in [1.807, 2.05) is 4.90 Å². The minimum Gasteiger partial charge on any atom is -0.461 e. The molecule has 52 heavy (non-hydrogen) atoms. The Bertz CT molecular complexity index is 1980. The molecule has 3 atom stereocenters. The van der Waals surface area contributed by atoms with Crippen molar-refractivity contribution in [2.24, 2.45) is 0 Å². The van der Waals surface area contributed by atoms with Crippen LogP contribution >= 0.6 is 15.9 Å². The Morgan fingerprint density at radius 1 is 1.23 bits per heavy atom. The number of rotatable bonds is 6. The lowest BCUT2D eigenvalue weighted by atomic mass is 9.91. The number of carbonyl (C=O) groups excluding carboxylic acids is 1. The molecule has 6 heterocycles. The molecule has 11 nitrogen and oxygen atoms in total. The first-order valence-electron chi connectivity index (χ1n) is 17.1.